The Bertz CT molecular complexity index is 701. The lowest BCUT2D eigenvalue weighted by atomic mass is 9.93. The van der Waals surface area contributed by atoms with Crippen LogP contribution in [0.4, 0.5) is 4.79 Å². The van der Waals surface area contributed by atoms with E-state index < -0.39 is 17.5 Å². The van der Waals surface area contributed by atoms with Gasteiger partial charge in [0.05, 0.1) is 13.1 Å². The summed E-state index contributed by atoms with van der Waals surface area (Å²) >= 11 is 0. The number of amides is 4. The lowest BCUT2D eigenvalue weighted by Gasteiger charge is -2.23. The predicted molar refractivity (Wildman–Crippen MR) is 105 cm³/mol. The van der Waals surface area contributed by atoms with Crippen molar-refractivity contribution in [2.75, 3.05) is 19.6 Å². The zero-order chi connectivity index (χ0) is 20.0. The molecule has 2 aliphatic heterocycles. The fraction of sp³-hybridized carbons (Fsp3) is 0.571. The number of quaternary nitrogens is 1. The minimum atomic E-state index is -1.01. The van der Waals surface area contributed by atoms with Crippen LogP contribution < -0.4 is 15.6 Å². The van der Waals surface area contributed by atoms with Gasteiger partial charge in [-0.2, -0.15) is 5.01 Å². The van der Waals surface area contributed by atoms with E-state index in [0.717, 1.165) is 36.5 Å². The molecule has 2 heterocycles. The molecule has 0 spiro atoms. The van der Waals surface area contributed by atoms with Crippen LogP contribution in [0.1, 0.15) is 51.0 Å². The highest BCUT2D eigenvalue weighted by Crippen LogP contribution is 2.22. The second-order valence-electron chi connectivity index (χ2n) is 8.12. The fourth-order valence-electron chi connectivity index (χ4n) is 3.97. The van der Waals surface area contributed by atoms with Gasteiger partial charge in [0.1, 0.15) is 5.54 Å². The highest BCUT2D eigenvalue weighted by molar-refractivity contribution is 6.07. The monoisotopic (exact) mass is 387 g/mol. The molecule has 0 radical (unpaired) electrons. The Morgan fingerprint density at radius 1 is 1.11 bits per heavy atom. The highest BCUT2D eigenvalue weighted by Gasteiger charge is 2.48. The maximum absolute atomic E-state index is 12.8. The summed E-state index contributed by atoms with van der Waals surface area (Å²) in [5.41, 5.74) is 2.63. The first-order valence-electron chi connectivity index (χ1n) is 10.3. The number of carbonyl (C=O) groups excluding carboxylic acids is 3. The number of nitrogens with zero attached hydrogens (tertiary/aromatic N) is 1. The van der Waals surface area contributed by atoms with Gasteiger partial charge in [-0.1, -0.05) is 36.8 Å². The van der Waals surface area contributed by atoms with Crippen LogP contribution in [0.5, 0.6) is 0 Å². The van der Waals surface area contributed by atoms with Crippen molar-refractivity contribution in [3.8, 4) is 0 Å². The van der Waals surface area contributed by atoms with Crippen molar-refractivity contribution in [2.45, 2.75) is 57.4 Å². The van der Waals surface area contributed by atoms with E-state index >= 15 is 0 Å². The maximum Gasteiger partial charge on any atom is 0.344 e. The zero-order valence-corrected chi connectivity index (χ0v) is 16.6. The molecular weight excluding hydrogens is 356 g/mol. The molecule has 4 amide bonds. The third kappa shape index (κ3) is 5.10. The van der Waals surface area contributed by atoms with E-state index in [1.807, 2.05) is 30.3 Å². The summed E-state index contributed by atoms with van der Waals surface area (Å²) in [6.45, 7) is 3.92. The Morgan fingerprint density at radius 3 is 2.43 bits per heavy atom. The lowest BCUT2D eigenvalue weighted by Crippen LogP contribution is -3.13. The Kier molecular flexibility index (Phi) is 6.67. The third-order valence-corrected chi connectivity index (χ3v) is 5.73. The molecule has 28 heavy (non-hydrogen) atoms. The number of likely N-dealkylation sites (tertiary alicyclic amines) is 1. The topological polar surface area (TPSA) is 83.0 Å². The summed E-state index contributed by atoms with van der Waals surface area (Å²) in [4.78, 5) is 38.8. The number of hydrogen-bond acceptors (Lipinski definition) is 3. The zero-order valence-electron chi connectivity index (χ0n) is 16.6. The van der Waals surface area contributed by atoms with Crippen LogP contribution in [-0.4, -0.2) is 48.0 Å². The molecule has 0 saturated carbocycles. The smallest absolute Gasteiger partial charge is 0.327 e. The van der Waals surface area contributed by atoms with E-state index in [-0.39, 0.29) is 12.5 Å². The Labute approximate surface area is 166 Å². The first-order valence-corrected chi connectivity index (χ1v) is 10.3. The van der Waals surface area contributed by atoms with E-state index in [1.165, 1.54) is 24.2 Å². The summed E-state index contributed by atoms with van der Waals surface area (Å²) in [6.07, 6.45) is 7.06. The second kappa shape index (κ2) is 9.19. The first-order chi connectivity index (χ1) is 13.5. The van der Waals surface area contributed by atoms with Gasteiger partial charge in [-0.15, -0.1) is 0 Å². The Balaban J connectivity index is 1.54. The van der Waals surface area contributed by atoms with E-state index in [0.29, 0.717) is 12.8 Å². The Morgan fingerprint density at radius 2 is 1.75 bits per heavy atom. The van der Waals surface area contributed by atoms with Gasteiger partial charge in [-0.3, -0.25) is 15.0 Å². The summed E-state index contributed by atoms with van der Waals surface area (Å²) in [5.74, 6) is -0.684. The van der Waals surface area contributed by atoms with E-state index in [2.05, 4.69) is 10.7 Å². The number of rotatable bonds is 6. The standard InChI is InChI=1S/C21H30N4O3/c1-21(13-12-17-10-6-5-7-11-17)19(27)25(20(28)22-21)23-18(26)16-24-14-8-3-2-4-9-15-24/h5-7,10-11H,2-4,8-9,12-16H2,1H3,(H,22,28)(H,23,26)/p+1/t21-/m1/s1. The van der Waals surface area contributed by atoms with Gasteiger partial charge >= 0.3 is 6.03 Å². The van der Waals surface area contributed by atoms with Crippen LogP contribution in [0.15, 0.2) is 30.3 Å². The quantitative estimate of drug-likeness (QED) is 0.632. The maximum atomic E-state index is 12.8. The fourth-order valence-corrected chi connectivity index (χ4v) is 3.97. The van der Waals surface area contributed by atoms with Gasteiger partial charge in [0.25, 0.3) is 11.8 Å². The summed E-state index contributed by atoms with van der Waals surface area (Å²) < 4.78 is 0. The summed E-state index contributed by atoms with van der Waals surface area (Å²) in [5, 5.41) is 3.60. The number of hydrogen-bond donors (Lipinski definition) is 3. The molecule has 2 aliphatic rings. The van der Waals surface area contributed by atoms with Gasteiger partial charge in [-0.05, 0) is 51.0 Å². The summed E-state index contributed by atoms with van der Waals surface area (Å²) in [7, 11) is 0. The van der Waals surface area contributed by atoms with Gasteiger partial charge in [-0.25, -0.2) is 4.79 Å². The number of benzene rings is 1. The van der Waals surface area contributed by atoms with Crippen molar-refractivity contribution < 1.29 is 19.3 Å². The lowest BCUT2D eigenvalue weighted by molar-refractivity contribution is -0.893. The highest BCUT2D eigenvalue weighted by atomic mass is 16.2. The van der Waals surface area contributed by atoms with Crippen LogP contribution >= 0.6 is 0 Å². The van der Waals surface area contributed by atoms with Crippen molar-refractivity contribution >= 4 is 17.8 Å². The number of aryl methyl sites for hydroxylation is 1. The first kappa shape index (κ1) is 20.3. The molecule has 2 fully saturated rings. The number of hydrazine groups is 1. The van der Waals surface area contributed by atoms with E-state index in [9.17, 15) is 14.4 Å². The van der Waals surface area contributed by atoms with Crippen molar-refractivity contribution in [1.29, 1.82) is 0 Å². The number of imide groups is 1. The largest absolute Gasteiger partial charge is 0.344 e. The minimum Gasteiger partial charge on any atom is -0.327 e. The number of carbonyl (C=O) groups is 3. The SMILES string of the molecule is C[C@]1(CCc2ccccc2)NC(=O)N(NC(=O)C[NH+]2CCCCCCC2)C1=O. The second-order valence-corrected chi connectivity index (χ2v) is 8.12. The molecule has 152 valence electrons. The molecule has 3 rings (SSSR count). The molecule has 0 bridgehead atoms. The third-order valence-electron chi connectivity index (χ3n) is 5.73. The Hall–Kier alpha value is -2.41. The van der Waals surface area contributed by atoms with Gasteiger partial charge < -0.3 is 10.2 Å². The van der Waals surface area contributed by atoms with Crippen molar-refractivity contribution in [3.05, 3.63) is 35.9 Å². The molecule has 7 nitrogen and oxygen atoms in total. The summed E-state index contributed by atoms with van der Waals surface area (Å²) in [6, 6.07) is 9.28. The van der Waals surface area contributed by atoms with Crippen LogP contribution in [-0.2, 0) is 16.0 Å². The van der Waals surface area contributed by atoms with Crippen LogP contribution in [0, 0.1) is 0 Å². The van der Waals surface area contributed by atoms with Gasteiger partial charge in [0.2, 0.25) is 0 Å². The predicted octanol–water partition coefficient (Wildman–Crippen LogP) is 0.810. The van der Waals surface area contributed by atoms with Crippen LogP contribution in [0.2, 0.25) is 0 Å². The van der Waals surface area contributed by atoms with Crippen LogP contribution in [0.25, 0.3) is 0 Å². The molecule has 3 N–H and O–H groups in total. The molecule has 1 aromatic carbocycles. The van der Waals surface area contributed by atoms with Gasteiger partial charge in [0, 0.05) is 0 Å². The van der Waals surface area contributed by atoms with E-state index in [1.54, 1.807) is 6.92 Å². The van der Waals surface area contributed by atoms with E-state index in [4.69, 9.17) is 0 Å². The van der Waals surface area contributed by atoms with Crippen molar-refractivity contribution in [3.63, 3.8) is 0 Å². The normalized spacial score (nSPS) is 23.8. The molecule has 0 aromatic heterocycles. The average molecular weight is 388 g/mol. The van der Waals surface area contributed by atoms with Crippen molar-refractivity contribution in [2.24, 2.45) is 0 Å². The molecule has 7 heteroatoms. The van der Waals surface area contributed by atoms with Crippen LogP contribution in [0.3, 0.4) is 0 Å². The molecular formula is C21H31N4O3+. The minimum absolute atomic E-state index is 0.286. The van der Waals surface area contributed by atoms with Gasteiger partial charge in [0.15, 0.2) is 6.54 Å². The van der Waals surface area contributed by atoms with Crippen molar-refractivity contribution in [1.82, 2.24) is 15.8 Å². The molecule has 1 aromatic rings. The number of nitrogens with one attached hydrogen (secondary N) is 3. The molecule has 2 saturated heterocycles. The molecule has 1 atom stereocenters. The molecule has 0 unspecified atom stereocenters. The average Bonchev–Trinajstić information content (AvgIpc) is 2.87. The molecule has 0 aliphatic carbocycles. The number of urea groups is 1.